The quantitative estimate of drug-likeness (QED) is 0.882. The molecule has 0 saturated carbocycles. The lowest BCUT2D eigenvalue weighted by Crippen LogP contribution is -2.29. The summed E-state index contributed by atoms with van der Waals surface area (Å²) in [7, 11) is 0. The molecule has 1 aromatic rings. The summed E-state index contributed by atoms with van der Waals surface area (Å²) in [6.07, 6.45) is 1.07. The number of hydrogen-bond donors (Lipinski definition) is 1. The SMILES string of the molecule is CCC(C)(C)C(N)c1ccc2c(c1)C(C)(C)CO2. The zero-order chi connectivity index (χ0) is 13.6. The van der Waals surface area contributed by atoms with Crippen LogP contribution in [0.15, 0.2) is 18.2 Å². The first-order valence-electron chi connectivity index (χ1n) is 6.81. The minimum Gasteiger partial charge on any atom is -0.492 e. The molecule has 100 valence electrons. The lowest BCUT2D eigenvalue weighted by atomic mass is 9.77. The summed E-state index contributed by atoms with van der Waals surface area (Å²) in [4.78, 5) is 0. The maximum atomic E-state index is 6.43. The number of hydrogen-bond acceptors (Lipinski definition) is 2. The second-order valence-electron chi connectivity index (χ2n) is 6.75. The van der Waals surface area contributed by atoms with Crippen LogP contribution >= 0.6 is 0 Å². The van der Waals surface area contributed by atoms with Gasteiger partial charge in [-0.1, -0.05) is 40.7 Å². The van der Waals surface area contributed by atoms with E-state index in [4.69, 9.17) is 10.5 Å². The van der Waals surface area contributed by atoms with Crippen LogP contribution < -0.4 is 10.5 Å². The summed E-state index contributed by atoms with van der Waals surface area (Å²) in [5.74, 6) is 1.02. The summed E-state index contributed by atoms with van der Waals surface area (Å²) in [5, 5.41) is 0. The molecule has 2 N–H and O–H groups in total. The Labute approximate surface area is 111 Å². The highest BCUT2D eigenvalue weighted by atomic mass is 16.5. The highest BCUT2D eigenvalue weighted by Gasteiger charge is 2.33. The van der Waals surface area contributed by atoms with Gasteiger partial charge in [0, 0.05) is 17.0 Å². The molecule has 1 aliphatic heterocycles. The lowest BCUT2D eigenvalue weighted by Gasteiger charge is -2.31. The summed E-state index contributed by atoms with van der Waals surface area (Å²) in [6.45, 7) is 11.9. The number of ether oxygens (including phenoxy) is 1. The Kier molecular flexibility index (Phi) is 3.18. The van der Waals surface area contributed by atoms with Crippen LogP contribution in [0.4, 0.5) is 0 Å². The smallest absolute Gasteiger partial charge is 0.123 e. The molecule has 1 heterocycles. The first kappa shape index (κ1) is 13.4. The Morgan fingerprint density at radius 1 is 1.39 bits per heavy atom. The minimum atomic E-state index is 0.0733. The summed E-state index contributed by atoms with van der Waals surface area (Å²) in [5.41, 5.74) is 9.16. The topological polar surface area (TPSA) is 35.2 Å². The average molecular weight is 247 g/mol. The van der Waals surface area contributed by atoms with Crippen LogP contribution in [0, 0.1) is 5.41 Å². The van der Waals surface area contributed by atoms with Crippen molar-refractivity contribution in [3.8, 4) is 5.75 Å². The molecule has 0 aromatic heterocycles. The standard InChI is InChI=1S/C16H25NO/c1-6-15(2,3)14(17)11-7-8-13-12(9-11)16(4,5)10-18-13/h7-9,14H,6,10,17H2,1-5H3. The van der Waals surface area contributed by atoms with Crippen molar-refractivity contribution in [1.82, 2.24) is 0 Å². The van der Waals surface area contributed by atoms with E-state index in [2.05, 4.69) is 52.8 Å². The van der Waals surface area contributed by atoms with Gasteiger partial charge in [-0.05, 0) is 29.5 Å². The molecule has 0 radical (unpaired) electrons. The van der Waals surface area contributed by atoms with E-state index in [0.717, 1.165) is 18.8 Å². The molecular weight excluding hydrogens is 222 g/mol. The van der Waals surface area contributed by atoms with Crippen LogP contribution in [0.3, 0.4) is 0 Å². The Morgan fingerprint density at radius 3 is 2.67 bits per heavy atom. The Bertz CT molecular complexity index is 448. The number of benzene rings is 1. The number of nitrogens with two attached hydrogens (primary N) is 1. The van der Waals surface area contributed by atoms with Crippen molar-refractivity contribution in [2.45, 2.75) is 52.5 Å². The van der Waals surface area contributed by atoms with Crippen LogP contribution in [0.2, 0.25) is 0 Å². The van der Waals surface area contributed by atoms with Gasteiger partial charge in [-0.25, -0.2) is 0 Å². The van der Waals surface area contributed by atoms with Crippen molar-refractivity contribution in [3.05, 3.63) is 29.3 Å². The fraction of sp³-hybridized carbons (Fsp3) is 0.625. The van der Waals surface area contributed by atoms with Gasteiger partial charge in [-0.15, -0.1) is 0 Å². The molecule has 0 bridgehead atoms. The molecule has 0 spiro atoms. The van der Waals surface area contributed by atoms with E-state index in [0.29, 0.717) is 0 Å². The molecule has 0 aliphatic carbocycles. The van der Waals surface area contributed by atoms with Crippen molar-refractivity contribution in [2.24, 2.45) is 11.1 Å². The van der Waals surface area contributed by atoms with Gasteiger partial charge >= 0.3 is 0 Å². The Hall–Kier alpha value is -1.02. The molecule has 2 heteroatoms. The maximum absolute atomic E-state index is 6.43. The van der Waals surface area contributed by atoms with Crippen LogP contribution in [0.5, 0.6) is 5.75 Å². The first-order chi connectivity index (χ1) is 8.28. The van der Waals surface area contributed by atoms with Gasteiger partial charge in [0.1, 0.15) is 5.75 Å². The van der Waals surface area contributed by atoms with Gasteiger partial charge in [-0.3, -0.25) is 0 Å². The predicted molar refractivity (Wildman–Crippen MR) is 76.0 cm³/mol. The van der Waals surface area contributed by atoms with Crippen LogP contribution in [-0.2, 0) is 5.41 Å². The van der Waals surface area contributed by atoms with E-state index in [1.54, 1.807) is 0 Å². The van der Waals surface area contributed by atoms with Gasteiger partial charge in [0.25, 0.3) is 0 Å². The summed E-state index contributed by atoms with van der Waals surface area (Å²) >= 11 is 0. The van der Waals surface area contributed by atoms with Crippen LogP contribution in [0.25, 0.3) is 0 Å². The third kappa shape index (κ3) is 2.14. The van der Waals surface area contributed by atoms with Crippen molar-refractivity contribution >= 4 is 0 Å². The molecule has 0 fully saturated rings. The van der Waals surface area contributed by atoms with E-state index in [9.17, 15) is 0 Å². The fourth-order valence-corrected chi connectivity index (χ4v) is 2.40. The summed E-state index contributed by atoms with van der Waals surface area (Å²) in [6, 6.07) is 6.50. The molecule has 1 aliphatic rings. The Morgan fingerprint density at radius 2 is 2.06 bits per heavy atom. The second kappa shape index (κ2) is 4.27. The zero-order valence-corrected chi connectivity index (χ0v) is 12.2. The van der Waals surface area contributed by atoms with E-state index in [1.807, 2.05) is 0 Å². The van der Waals surface area contributed by atoms with Crippen LogP contribution in [-0.4, -0.2) is 6.61 Å². The first-order valence-corrected chi connectivity index (χ1v) is 6.81. The Balaban J connectivity index is 2.38. The monoisotopic (exact) mass is 247 g/mol. The van der Waals surface area contributed by atoms with E-state index < -0.39 is 0 Å². The van der Waals surface area contributed by atoms with Gasteiger partial charge in [0.2, 0.25) is 0 Å². The molecule has 1 aromatic carbocycles. The van der Waals surface area contributed by atoms with E-state index in [-0.39, 0.29) is 16.9 Å². The van der Waals surface area contributed by atoms with Crippen molar-refractivity contribution < 1.29 is 4.74 Å². The molecule has 1 unspecified atom stereocenters. The maximum Gasteiger partial charge on any atom is 0.123 e. The molecular formula is C16H25NO. The van der Waals surface area contributed by atoms with Gasteiger partial charge < -0.3 is 10.5 Å². The fourth-order valence-electron chi connectivity index (χ4n) is 2.40. The highest BCUT2D eigenvalue weighted by molar-refractivity contribution is 5.46. The largest absolute Gasteiger partial charge is 0.492 e. The third-order valence-corrected chi connectivity index (χ3v) is 4.43. The minimum absolute atomic E-state index is 0.0733. The normalized spacial score (nSPS) is 19.2. The molecule has 18 heavy (non-hydrogen) atoms. The summed E-state index contributed by atoms with van der Waals surface area (Å²) < 4.78 is 5.72. The van der Waals surface area contributed by atoms with E-state index in [1.165, 1.54) is 11.1 Å². The molecule has 0 amide bonds. The third-order valence-electron chi connectivity index (χ3n) is 4.43. The van der Waals surface area contributed by atoms with E-state index >= 15 is 0 Å². The highest BCUT2D eigenvalue weighted by Crippen LogP contribution is 2.42. The lowest BCUT2D eigenvalue weighted by molar-refractivity contribution is 0.278. The zero-order valence-electron chi connectivity index (χ0n) is 12.2. The van der Waals surface area contributed by atoms with Gasteiger partial charge in [0.15, 0.2) is 0 Å². The van der Waals surface area contributed by atoms with Crippen molar-refractivity contribution in [1.29, 1.82) is 0 Å². The predicted octanol–water partition coefficient (Wildman–Crippen LogP) is 3.79. The van der Waals surface area contributed by atoms with Gasteiger partial charge in [-0.2, -0.15) is 0 Å². The average Bonchev–Trinajstić information content (AvgIpc) is 2.64. The van der Waals surface area contributed by atoms with Crippen molar-refractivity contribution in [3.63, 3.8) is 0 Å². The molecule has 0 saturated heterocycles. The van der Waals surface area contributed by atoms with Crippen molar-refractivity contribution in [2.75, 3.05) is 6.61 Å². The molecule has 2 nitrogen and oxygen atoms in total. The second-order valence-corrected chi connectivity index (χ2v) is 6.75. The number of rotatable bonds is 3. The van der Waals surface area contributed by atoms with Gasteiger partial charge in [0.05, 0.1) is 6.61 Å². The molecule has 1 atom stereocenters. The van der Waals surface area contributed by atoms with Crippen LogP contribution in [0.1, 0.15) is 58.2 Å². The number of fused-ring (bicyclic) bond motifs is 1. The molecule has 2 rings (SSSR count).